The van der Waals surface area contributed by atoms with Crippen LogP contribution in [0.1, 0.15) is 88.8 Å². The molecule has 1 amide bonds. The zero-order valence-corrected chi connectivity index (χ0v) is 20.0. The number of hydrogen-bond acceptors (Lipinski definition) is 5. The molecular formula is C24H35N3O5. The number of esters is 1. The van der Waals surface area contributed by atoms with Gasteiger partial charge in [0.2, 0.25) is 5.91 Å². The molecule has 32 heavy (non-hydrogen) atoms. The summed E-state index contributed by atoms with van der Waals surface area (Å²) in [6, 6.07) is 3.64. The Bertz CT molecular complexity index is 1020. The van der Waals surface area contributed by atoms with E-state index in [2.05, 4.69) is 10.2 Å². The predicted octanol–water partition coefficient (Wildman–Crippen LogP) is 3.12. The van der Waals surface area contributed by atoms with Gasteiger partial charge >= 0.3 is 5.97 Å². The minimum atomic E-state index is -0.699. The van der Waals surface area contributed by atoms with Crippen molar-refractivity contribution in [3.63, 3.8) is 0 Å². The highest BCUT2D eigenvalue weighted by Gasteiger charge is 2.31. The minimum Gasteiger partial charge on any atom is -0.507 e. The normalized spacial score (nSPS) is 13.1. The highest BCUT2D eigenvalue weighted by atomic mass is 16.5. The number of nitrogens with one attached hydrogen (secondary N) is 2. The van der Waals surface area contributed by atoms with E-state index in [4.69, 9.17) is 10.5 Å². The molecule has 176 valence electrons. The average molecular weight is 446 g/mol. The van der Waals surface area contributed by atoms with Crippen LogP contribution in [0.5, 0.6) is 5.75 Å². The molecule has 2 rings (SSSR count). The molecule has 0 bridgehead atoms. The Kier molecular flexibility index (Phi) is 7.27. The number of phenols is 1. The number of ether oxygens (including phenoxy) is 1. The molecule has 0 saturated heterocycles. The van der Waals surface area contributed by atoms with Gasteiger partial charge in [0.15, 0.2) is 0 Å². The molecule has 0 radical (unpaired) electrons. The lowest BCUT2D eigenvalue weighted by atomic mass is 9.75. The molecule has 1 aromatic heterocycles. The predicted molar refractivity (Wildman–Crippen MR) is 123 cm³/mol. The topological polar surface area (TPSA) is 138 Å². The first-order valence-corrected chi connectivity index (χ1v) is 10.8. The van der Waals surface area contributed by atoms with E-state index in [1.54, 1.807) is 6.92 Å². The molecule has 0 spiro atoms. The summed E-state index contributed by atoms with van der Waals surface area (Å²) in [4.78, 5) is 36.9. The number of rotatable bonds is 7. The second kappa shape index (κ2) is 9.22. The third-order valence-electron chi connectivity index (χ3n) is 5.43. The zero-order chi connectivity index (χ0) is 24.4. The Labute approximate surface area is 188 Å². The summed E-state index contributed by atoms with van der Waals surface area (Å²) in [5.41, 5.74) is 7.04. The van der Waals surface area contributed by atoms with Crippen LogP contribution in [0.2, 0.25) is 0 Å². The van der Waals surface area contributed by atoms with Crippen molar-refractivity contribution in [2.24, 2.45) is 5.73 Å². The fraction of sp³-hybridized carbons (Fsp3) is 0.542. The maximum absolute atomic E-state index is 12.8. The van der Waals surface area contributed by atoms with E-state index in [1.807, 2.05) is 53.7 Å². The molecule has 2 aromatic rings. The third-order valence-corrected chi connectivity index (χ3v) is 5.43. The van der Waals surface area contributed by atoms with Crippen molar-refractivity contribution >= 4 is 11.9 Å². The van der Waals surface area contributed by atoms with Crippen molar-refractivity contribution in [1.82, 2.24) is 10.2 Å². The second-order valence-corrected chi connectivity index (χ2v) is 10.1. The number of aromatic hydroxyl groups is 1. The van der Waals surface area contributed by atoms with E-state index in [0.29, 0.717) is 22.4 Å². The number of H-pyrrole nitrogens is 2. The SMILES string of the molecule is CCOC(=O)Cc1[nH][nH]c(=O)c1[C@@H](CC(N)=O)c1cc(C(C)(C)C)c(O)c(C(C)(C)C)c1. The van der Waals surface area contributed by atoms with Crippen molar-refractivity contribution in [2.75, 3.05) is 6.61 Å². The van der Waals surface area contributed by atoms with E-state index >= 15 is 0 Å². The van der Waals surface area contributed by atoms with Crippen molar-refractivity contribution in [3.8, 4) is 5.75 Å². The fourth-order valence-corrected chi connectivity index (χ4v) is 3.86. The number of phenolic OH excluding ortho intramolecular Hbond substituents is 1. The molecule has 0 aliphatic rings. The molecular weight excluding hydrogens is 410 g/mol. The number of amides is 1. The van der Waals surface area contributed by atoms with Gasteiger partial charge < -0.3 is 20.7 Å². The highest BCUT2D eigenvalue weighted by molar-refractivity contribution is 5.76. The molecule has 1 heterocycles. The van der Waals surface area contributed by atoms with Crippen LogP contribution in [0.4, 0.5) is 0 Å². The summed E-state index contributed by atoms with van der Waals surface area (Å²) in [5.74, 6) is -1.57. The van der Waals surface area contributed by atoms with E-state index < -0.39 is 34.2 Å². The largest absolute Gasteiger partial charge is 0.507 e. The fourth-order valence-electron chi connectivity index (χ4n) is 3.86. The maximum atomic E-state index is 12.8. The lowest BCUT2D eigenvalue weighted by Crippen LogP contribution is -2.24. The lowest BCUT2D eigenvalue weighted by molar-refractivity contribution is -0.142. The van der Waals surface area contributed by atoms with Gasteiger partial charge in [-0.25, -0.2) is 0 Å². The van der Waals surface area contributed by atoms with Crippen molar-refractivity contribution in [3.05, 3.63) is 50.4 Å². The van der Waals surface area contributed by atoms with Crippen LogP contribution in [-0.2, 0) is 31.6 Å². The molecule has 0 aliphatic heterocycles. The summed E-state index contributed by atoms with van der Waals surface area (Å²) in [6.07, 6.45) is -0.276. The molecule has 0 saturated carbocycles. The first-order valence-electron chi connectivity index (χ1n) is 10.8. The van der Waals surface area contributed by atoms with E-state index in [9.17, 15) is 19.5 Å². The Morgan fingerprint density at radius 3 is 2.03 bits per heavy atom. The number of carbonyl (C=O) groups is 2. The molecule has 1 aromatic carbocycles. The first kappa shape index (κ1) is 25.2. The zero-order valence-electron chi connectivity index (χ0n) is 20.0. The number of carbonyl (C=O) groups excluding carboxylic acids is 2. The van der Waals surface area contributed by atoms with Gasteiger partial charge in [0, 0.05) is 17.9 Å². The van der Waals surface area contributed by atoms with Crippen LogP contribution in [0, 0.1) is 0 Å². The van der Waals surface area contributed by atoms with Gasteiger partial charge in [-0.1, -0.05) is 53.7 Å². The Balaban J connectivity index is 2.78. The monoisotopic (exact) mass is 445 g/mol. The van der Waals surface area contributed by atoms with Crippen LogP contribution in [0.25, 0.3) is 0 Å². The molecule has 0 unspecified atom stereocenters. The van der Waals surface area contributed by atoms with Crippen LogP contribution >= 0.6 is 0 Å². The van der Waals surface area contributed by atoms with Crippen molar-refractivity contribution in [2.45, 2.75) is 78.1 Å². The van der Waals surface area contributed by atoms with Crippen molar-refractivity contribution < 1.29 is 19.4 Å². The Morgan fingerprint density at radius 2 is 1.59 bits per heavy atom. The quantitative estimate of drug-likeness (QED) is 0.485. The molecule has 8 nitrogen and oxygen atoms in total. The Morgan fingerprint density at radius 1 is 1.06 bits per heavy atom. The Hall–Kier alpha value is -3.03. The van der Waals surface area contributed by atoms with E-state index in [0.717, 1.165) is 0 Å². The van der Waals surface area contributed by atoms with Crippen LogP contribution in [0.15, 0.2) is 16.9 Å². The minimum absolute atomic E-state index is 0.130. The van der Waals surface area contributed by atoms with Gasteiger partial charge in [-0.15, -0.1) is 0 Å². The van der Waals surface area contributed by atoms with Gasteiger partial charge in [-0.3, -0.25) is 19.5 Å². The van der Waals surface area contributed by atoms with E-state index in [1.165, 1.54) is 0 Å². The standard InChI is InChI=1S/C24H35N3O5/c1-8-32-19(29)12-17-20(22(31)27-26-17)14(11-18(25)28)13-9-15(23(2,3)4)21(30)16(10-13)24(5,6)7/h9-10,14,30H,8,11-12H2,1-7H3,(H2,25,28)(H2,26,27,31)/t14-/m0/s1. The highest BCUT2D eigenvalue weighted by Crippen LogP contribution is 2.42. The van der Waals surface area contributed by atoms with E-state index in [-0.39, 0.29) is 30.8 Å². The number of hydrogen-bond donors (Lipinski definition) is 4. The number of aromatic nitrogens is 2. The number of nitrogens with two attached hydrogens (primary N) is 1. The summed E-state index contributed by atoms with van der Waals surface area (Å²) >= 11 is 0. The maximum Gasteiger partial charge on any atom is 0.311 e. The average Bonchev–Trinajstić information content (AvgIpc) is 2.98. The van der Waals surface area contributed by atoms with Gasteiger partial charge in [0.1, 0.15) is 5.75 Å². The molecule has 5 N–H and O–H groups in total. The second-order valence-electron chi connectivity index (χ2n) is 10.1. The number of aromatic amines is 2. The molecule has 8 heteroatoms. The summed E-state index contributed by atoms with van der Waals surface area (Å²) in [6.45, 7) is 13.8. The molecule has 0 aliphatic carbocycles. The van der Waals surface area contributed by atoms with Gasteiger partial charge in [-0.05, 0) is 34.4 Å². The molecule has 1 atom stereocenters. The van der Waals surface area contributed by atoms with Gasteiger partial charge in [0.05, 0.1) is 18.7 Å². The van der Waals surface area contributed by atoms with Crippen molar-refractivity contribution in [1.29, 1.82) is 0 Å². The smallest absolute Gasteiger partial charge is 0.311 e. The van der Waals surface area contributed by atoms with Crippen LogP contribution < -0.4 is 11.3 Å². The lowest BCUT2D eigenvalue weighted by Gasteiger charge is -2.29. The third kappa shape index (κ3) is 5.60. The van der Waals surface area contributed by atoms with Gasteiger partial charge in [0.25, 0.3) is 5.56 Å². The molecule has 0 fully saturated rings. The number of benzene rings is 1. The summed E-state index contributed by atoms with van der Waals surface area (Å²) in [5, 5.41) is 16.3. The number of primary amides is 1. The van der Waals surface area contributed by atoms with Gasteiger partial charge in [-0.2, -0.15) is 0 Å². The van der Waals surface area contributed by atoms with Crippen LogP contribution in [0.3, 0.4) is 0 Å². The summed E-state index contributed by atoms with van der Waals surface area (Å²) < 4.78 is 5.02. The summed E-state index contributed by atoms with van der Waals surface area (Å²) in [7, 11) is 0. The first-order chi connectivity index (χ1) is 14.7. The van der Waals surface area contributed by atoms with Crippen LogP contribution in [-0.4, -0.2) is 33.8 Å².